The summed E-state index contributed by atoms with van der Waals surface area (Å²) in [7, 11) is 2.16. The Bertz CT molecular complexity index is 706. The Morgan fingerprint density at radius 1 is 1.53 bits per heavy atom. The molecule has 0 amide bonds. The number of nitrogens with one attached hydrogen (secondary N) is 1. The number of rotatable bonds is 2. The number of nitriles is 1. The Morgan fingerprint density at radius 3 is 3.05 bits per heavy atom. The van der Waals surface area contributed by atoms with Crippen molar-refractivity contribution in [3.05, 3.63) is 28.5 Å². The van der Waals surface area contributed by atoms with Crippen LogP contribution in [0.25, 0.3) is 11.0 Å². The van der Waals surface area contributed by atoms with Gasteiger partial charge in [-0.2, -0.15) is 5.26 Å². The van der Waals surface area contributed by atoms with Crippen molar-refractivity contribution in [1.29, 1.82) is 5.26 Å². The monoisotopic (exact) mass is 272 g/mol. The molecule has 1 aliphatic rings. The molecule has 1 N–H and O–H groups in total. The van der Waals surface area contributed by atoms with Crippen LogP contribution in [0.5, 0.6) is 0 Å². The molecule has 1 aliphatic heterocycles. The Hall–Kier alpha value is -1.64. The number of H-pyrrole nitrogens is 1. The van der Waals surface area contributed by atoms with Gasteiger partial charge in [0.25, 0.3) is 0 Å². The molecule has 2 heterocycles. The molecule has 0 aliphatic carbocycles. The minimum absolute atomic E-state index is 0.538. The van der Waals surface area contributed by atoms with Crippen LogP contribution in [0.2, 0.25) is 0 Å². The van der Waals surface area contributed by atoms with Gasteiger partial charge in [0, 0.05) is 12.6 Å². The Morgan fingerprint density at radius 2 is 2.37 bits per heavy atom. The van der Waals surface area contributed by atoms with Crippen LogP contribution < -0.4 is 0 Å². The summed E-state index contributed by atoms with van der Waals surface area (Å²) in [5, 5.41) is 9.02. The van der Waals surface area contributed by atoms with Crippen LogP contribution in [0.4, 0.5) is 0 Å². The van der Waals surface area contributed by atoms with E-state index in [0.29, 0.717) is 11.6 Å². The summed E-state index contributed by atoms with van der Waals surface area (Å²) in [6.07, 6.45) is 2.46. The quantitative estimate of drug-likeness (QED) is 0.855. The molecule has 0 bridgehead atoms. The Balaban J connectivity index is 2.04. The van der Waals surface area contributed by atoms with Crippen molar-refractivity contribution < 1.29 is 0 Å². The van der Waals surface area contributed by atoms with Gasteiger partial charge in [-0.05, 0) is 56.9 Å². The summed E-state index contributed by atoms with van der Waals surface area (Å²) >= 11 is 5.41. The lowest BCUT2D eigenvalue weighted by molar-refractivity contribution is 0.283. The molecule has 3 rings (SSSR count). The lowest BCUT2D eigenvalue weighted by Crippen LogP contribution is -2.29. The standard InChI is InChI=1S/C14H16N4S/c1-17-6-2-3-11(17)9-18-13-7-10(8-15)4-5-12(13)16-14(18)19/h4-5,7,11H,2-3,6,9H2,1H3,(H,16,19). The number of imidazole rings is 1. The third-order valence-electron chi connectivity index (χ3n) is 3.97. The van der Waals surface area contributed by atoms with Crippen molar-refractivity contribution in [2.45, 2.75) is 25.4 Å². The molecule has 1 unspecified atom stereocenters. The highest BCUT2D eigenvalue weighted by Gasteiger charge is 2.22. The van der Waals surface area contributed by atoms with E-state index in [1.807, 2.05) is 18.2 Å². The lowest BCUT2D eigenvalue weighted by Gasteiger charge is -2.20. The second-order valence-electron chi connectivity index (χ2n) is 5.16. The van der Waals surface area contributed by atoms with Crippen LogP contribution in [0, 0.1) is 16.1 Å². The van der Waals surface area contributed by atoms with Crippen molar-refractivity contribution in [2.24, 2.45) is 0 Å². The second-order valence-corrected chi connectivity index (χ2v) is 5.55. The highest BCUT2D eigenvalue weighted by Crippen LogP contribution is 2.21. The highest BCUT2D eigenvalue weighted by atomic mass is 32.1. The van der Waals surface area contributed by atoms with Gasteiger partial charge in [-0.3, -0.25) is 0 Å². The zero-order valence-electron chi connectivity index (χ0n) is 10.9. The number of nitrogens with zero attached hydrogens (tertiary/aromatic N) is 3. The number of benzene rings is 1. The van der Waals surface area contributed by atoms with Gasteiger partial charge in [-0.15, -0.1) is 0 Å². The van der Waals surface area contributed by atoms with Crippen molar-refractivity contribution in [2.75, 3.05) is 13.6 Å². The maximum absolute atomic E-state index is 9.02. The fraction of sp³-hybridized carbons (Fsp3) is 0.429. The summed E-state index contributed by atoms with van der Waals surface area (Å²) in [4.78, 5) is 5.60. The maximum Gasteiger partial charge on any atom is 0.178 e. The average Bonchev–Trinajstić information content (AvgIpc) is 2.94. The SMILES string of the molecule is CN1CCCC1Cn1c(=S)[nH]c2ccc(C#N)cc21. The molecule has 0 saturated carbocycles. The summed E-state index contributed by atoms with van der Waals surface area (Å²) in [6, 6.07) is 8.39. The largest absolute Gasteiger partial charge is 0.331 e. The van der Waals surface area contributed by atoms with Gasteiger partial charge in [-0.25, -0.2) is 0 Å². The predicted molar refractivity (Wildman–Crippen MR) is 77.5 cm³/mol. The molecule has 5 heteroatoms. The van der Waals surface area contributed by atoms with E-state index < -0.39 is 0 Å². The zero-order valence-corrected chi connectivity index (χ0v) is 11.7. The number of fused-ring (bicyclic) bond motifs is 1. The van der Waals surface area contributed by atoms with Gasteiger partial charge in [0.15, 0.2) is 4.77 Å². The lowest BCUT2D eigenvalue weighted by atomic mass is 10.2. The first kappa shape index (κ1) is 12.4. The summed E-state index contributed by atoms with van der Waals surface area (Å²) in [5.74, 6) is 0. The van der Waals surface area contributed by atoms with E-state index in [1.54, 1.807) is 0 Å². The molecule has 0 spiro atoms. The summed E-state index contributed by atoms with van der Waals surface area (Å²) in [5.41, 5.74) is 2.71. The molecule has 1 fully saturated rings. The fourth-order valence-electron chi connectivity index (χ4n) is 2.82. The van der Waals surface area contributed by atoms with Crippen LogP contribution in [-0.2, 0) is 6.54 Å². The first-order valence-electron chi connectivity index (χ1n) is 6.52. The molecule has 0 radical (unpaired) electrons. The van der Waals surface area contributed by atoms with E-state index in [0.717, 1.165) is 28.9 Å². The van der Waals surface area contributed by atoms with Crippen LogP contribution in [0.15, 0.2) is 18.2 Å². The van der Waals surface area contributed by atoms with Crippen molar-refractivity contribution >= 4 is 23.3 Å². The molecule has 1 saturated heterocycles. The smallest absolute Gasteiger partial charge is 0.178 e. The predicted octanol–water partition coefficient (Wildman–Crippen LogP) is 2.66. The topological polar surface area (TPSA) is 47.8 Å². The molecule has 2 aromatic rings. The molecular weight excluding hydrogens is 256 g/mol. The van der Waals surface area contributed by atoms with Gasteiger partial charge in [0.05, 0.1) is 22.7 Å². The van der Waals surface area contributed by atoms with E-state index in [9.17, 15) is 0 Å². The van der Waals surface area contributed by atoms with Crippen molar-refractivity contribution in [3.8, 4) is 6.07 Å². The molecule has 1 aromatic carbocycles. The first-order chi connectivity index (χ1) is 9.19. The van der Waals surface area contributed by atoms with E-state index in [-0.39, 0.29) is 0 Å². The van der Waals surface area contributed by atoms with Gasteiger partial charge in [0.1, 0.15) is 0 Å². The van der Waals surface area contributed by atoms with Gasteiger partial charge in [-0.1, -0.05) is 0 Å². The fourth-order valence-corrected chi connectivity index (χ4v) is 3.11. The minimum atomic E-state index is 0.538. The molecule has 98 valence electrons. The molecular formula is C14H16N4S. The summed E-state index contributed by atoms with van der Waals surface area (Å²) in [6.45, 7) is 2.05. The van der Waals surface area contributed by atoms with Crippen LogP contribution in [-0.4, -0.2) is 34.1 Å². The van der Waals surface area contributed by atoms with Crippen LogP contribution >= 0.6 is 12.2 Å². The second kappa shape index (κ2) is 4.80. The van der Waals surface area contributed by atoms with E-state index in [2.05, 4.69) is 27.6 Å². The van der Waals surface area contributed by atoms with Crippen molar-refractivity contribution in [3.63, 3.8) is 0 Å². The van der Waals surface area contributed by atoms with Gasteiger partial charge < -0.3 is 14.5 Å². The molecule has 1 atom stereocenters. The van der Waals surface area contributed by atoms with Crippen LogP contribution in [0.1, 0.15) is 18.4 Å². The Labute approximate surface area is 117 Å². The van der Waals surface area contributed by atoms with Gasteiger partial charge >= 0.3 is 0 Å². The molecule has 1 aromatic heterocycles. The van der Waals surface area contributed by atoms with E-state index in [1.165, 1.54) is 12.8 Å². The Kier molecular flexibility index (Phi) is 3.13. The molecule has 19 heavy (non-hydrogen) atoms. The highest BCUT2D eigenvalue weighted by molar-refractivity contribution is 7.71. The number of hydrogen-bond acceptors (Lipinski definition) is 3. The number of likely N-dealkylation sites (N-methyl/N-ethyl adjacent to an activating group) is 1. The minimum Gasteiger partial charge on any atom is -0.331 e. The third kappa shape index (κ3) is 2.18. The summed E-state index contributed by atoms with van der Waals surface area (Å²) < 4.78 is 2.86. The number of aromatic amines is 1. The normalized spacial score (nSPS) is 19.9. The first-order valence-corrected chi connectivity index (χ1v) is 6.93. The van der Waals surface area contributed by atoms with Crippen molar-refractivity contribution in [1.82, 2.24) is 14.5 Å². The molecule has 4 nitrogen and oxygen atoms in total. The third-order valence-corrected chi connectivity index (χ3v) is 4.29. The number of aromatic nitrogens is 2. The van der Waals surface area contributed by atoms with E-state index in [4.69, 9.17) is 17.5 Å². The van der Waals surface area contributed by atoms with Gasteiger partial charge in [0.2, 0.25) is 0 Å². The average molecular weight is 272 g/mol. The number of likely N-dealkylation sites (tertiary alicyclic amines) is 1. The maximum atomic E-state index is 9.02. The zero-order chi connectivity index (χ0) is 13.4. The number of hydrogen-bond donors (Lipinski definition) is 1. The van der Waals surface area contributed by atoms with Crippen LogP contribution in [0.3, 0.4) is 0 Å². The van der Waals surface area contributed by atoms with E-state index >= 15 is 0 Å².